The topological polar surface area (TPSA) is 32.3 Å². The molecule has 0 aromatic carbocycles. The third kappa shape index (κ3) is 0.956. The van der Waals surface area contributed by atoms with Crippen molar-refractivity contribution in [2.45, 2.75) is 43.7 Å². The molecule has 1 spiro atoms. The zero-order chi connectivity index (χ0) is 7.03. The molecule has 1 heterocycles. The number of aliphatic hydroxyl groups is 1. The third-order valence-corrected chi connectivity index (χ3v) is 2.91. The number of rotatable bonds is 0. The summed E-state index contributed by atoms with van der Waals surface area (Å²) in [7, 11) is 0. The fourth-order valence-electron chi connectivity index (χ4n) is 2.35. The fourth-order valence-corrected chi connectivity index (χ4v) is 2.35. The van der Waals surface area contributed by atoms with Crippen LogP contribution in [0.4, 0.5) is 0 Å². The maximum Gasteiger partial charge on any atom is 0.0558 e. The van der Waals surface area contributed by atoms with E-state index in [1.165, 1.54) is 19.3 Å². The molecule has 1 saturated carbocycles. The summed E-state index contributed by atoms with van der Waals surface area (Å²) in [6.45, 7) is 1.16. The summed E-state index contributed by atoms with van der Waals surface area (Å²) in [6, 6.07) is 0. The van der Waals surface area contributed by atoms with Crippen molar-refractivity contribution >= 4 is 0 Å². The molecule has 0 radical (unpaired) electrons. The van der Waals surface area contributed by atoms with Gasteiger partial charge in [-0.1, -0.05) is 0 Å². The van der Waals surface area contributed by atoms with Gasteiger partial charge in [0, 0.05) is 5.54 Å². The van der Waals surface area contributed by atoms with Crippen LogP contribution in [0.1, 0.15) is 32.1 Å². The first-order valence-electron chi connectivity index (χ1n) is 4.24. The first-order valence-corrected chi connectivity index (χ1v) is 4.24. The van der Waals surface area contributed by atoms with E-state index in [2.05, 4.69) is 5.32 Å². The smallest absolute Gasteiger partial charge is 0.0558 e. The highest BCUT2D eigenvalue weighted by molar-refractivity contribution is 4.99. The summed E-state index contributed by atoms with van der Waals surface area (Å²) >= 11 is 0. The molecule has 58 valence electrons. The van der Waals surface area contributed by atoms with Crippen molar-refractivity contribution in [2.24, 2.45) is 0 Å². The normalized spacial score (nSPS) is 47.1. The Balaban J connectivity index is 2.03. The van der Waals surface area contributed by atoms with Gasteiger partial charge >= 0.3 is 0 Å². The van der Waals surface area contributed by atoms with E-state index in [1.807, 2.05) is 0 Å². The minimum absolute atomic E-state index is 0.0226. The summed E-state index contributed by atoms with van der Waals surface area (Å²) in [4.78, 5) is 0. The summed E-state index contributed by atoms with van der Waals surface area (Å²) in [5.41, 5.74) is 0.361. The average Bonchev–Trinajstić information content (AvgIpc) is 2.46. The van der Waals surface area contributed by atoms with Gasteiger partial charge in [-0.2, -0.15) is 0 Å². The van der Waals surface area contributed by atoms with Gasteiger partial charge in [-0.05, 0) is 38.6 Å². The highest BCUT2D eigenvalue weighted by Crippen LogP contribution is 2.36. The molecule has 2 heteroatoms. The molecular formula is C8H15NO. The molecule has 2 fully saturated rings. The lowest BCUT2D eigenvalue weighted by molar-refractivity contribution is 0.171. The second kappa shape index (κ2) is 2.21. The number of aliphatic hydroxyl groups excluding tert-OH is 1. The second-order valence-electron chi connectivity index (χ2n) is 3.71. The molecule has 0 unspecified atom stereocenters. The quantitative estimate of drug-likeness (QED) is 0.519. The van der Waals surface area contributed by atoms with Crippen LogP contribution in [0.3, 0.4) is 0 Å². The highest BCUT2D eigenvalue weighted by atomic mass is 16.3. The van der Waals surface area contributed by atoms with Crippen LogP contribution in [0, 0.1) is 0 Å². The molecule has 1 aliphatic heterocycles. The van der Waals surface area contributed by atoms with Crippen LogP contribution in [0.5, 0.6) is 0 Å². The van der Waals surface area contributed by atoms with Gasteiger partial charge in [0.05, 0.1) is 6.10 Å². The van der Waals surface area contributed by atoms with Gasteiger partial charge in [-0.3, -0.25) is 0 Å². The Kier molecular flexibility index (Phi) is 1.46. The van der Waals surface area contributed by atoms with E-state index in [1.54, 1.807) is 0 Å². The minimum Gasteiger partial charge on any atom is -0.393 e. The fraction of sp³-hybridized carbons (Fsp3) is 1.00. The van der Waals surface area contributed by atoms with Crippen LogP contribution in [0.25, 0.3) is 0 Å². The molecule has 2 rings (SSSR count). The molecule has 0 bridgehead atoms. The van der Waals surface area contributed by atoms with E-state index in [4.69, 9.17) is 0 Å². The van der Waals surface area contributed by atoms with Gasteiger partial charge in [0.1, 0.15) is 0 Å². The Hall–Kier alpha value is -0.0800. The minimum atomic E-state index is -0.0226. The van der Waals surface area contributed by atoms with E-state index >= 15 is 0 Å². The first kappa shape index (κ1) is 6.62. The Morgan fingerprint density at radius 2 is 2.30 bits per heavy atom. The Morgan fingerprint density at radius 3 is 2.80 bits per heavy atom. The van der Waals surface area contributed by atoms with Crippen LogP contribution in [0.15, 0.2) is 0 Å². The predicted molar refractivity (Wildman–Crippen MR) is 39.8 cm³/mol. The van der Waals surface area contributed by atoms with Gasteiger partial charge in [0.15, 0.2) is 0 Å². The molecule has 0 aromatic heterocycles. The van der Waals surface area contributed by atoms with Crippen LogP contribution in [0.2, 0.25) is 0 Å². The van der Waals surface area contributed by atoms with Crippen molar-refractivity contribution in [3.63, 3.8) is 0 Å². The van der Waals surface area contributed by atoms with Crippen molar-refractivity contribution in [3.05, 3.63) is 0 Å². The largest absolute Gasteiger partial charge is 0.393 e. The van der Waals surface area contributed by atoms with Crippen LogP contribution in [-0.2, 0) is 0 Å². The molecule has 2 atom stereocenters. The Morgan fingerprint density at radius 1 is 1.40 bits per heavy atom. The standard InChI is InChI=1S/C8H15NO/c10-7-2-4-8(6-7)3-1-5-9-8/h7,9-10H,1-6H2/t7-,8-/m1/s1. The van der Waals surface area contributed by atoms with Gasteiger partial charge in [-0.15, -0.1) is 0 Å². The van der Waals surface area contributed by atoms with E-state index in [0.29, 0.717) is 5.54 Å². The summed E-state index contributed by atoms with van der Waals surface area (Å²) in [5, 5.41) is 12.8. The SMILES string of the molecule is O[C@@H]1CC[C@]2(CCCN2)C1. The van der Waals surface area contributed by atoms with Gasteiger partial charge < -0.3 is 10.4 Å². The van der Waals surface area contributed by atoms with E-state index in [0.717, 1.165) is 19.4 Å². The van der Waals surface area contributed by atoms with Crippen LogP contribution >= 0.6 is 0 Å². The predicted octanol–water partition coefficient (Wildman–Crippen LogP) is 0.653. The third-order valence-electron chi connectivity index (χ3n) is 2.91. The first-order chi connectivity index (χ1) is 4.81. The molecular weight excluding hydrogens is 126 g/mol. The molecule has 10 heavy (non-hydrogen) atoms. The maximum atomic E-state index is 9.31. The zero-order valence-electron chi connectivity index (χ0n) is 6.27. The van der Waals surface area contributed by atoms with E-state index in [-0.39, 0.29) is 6.10 Å². The van der Waals surface area contributed by atoms with Gasteiger partial charge in [0.2, 0.25) is 0 Å². The van der Waals surface area contributed by atoms with E-state index < -0.39 is 0 Å². The van der Waals surface area contributed by atoms with Crippen molar-refractivity contribution in [3.8, 4) is 0 Å². The van der Waals surface area contributed by atoms with Gasteiger partial charge in [0.25, 0.3) is 0 Å². The lowest BCUT2D eigenvalue weighted by Crippen LogP contribution is -2.37. The van der Waals surface area contributed by atoms with Gasteiger partial charge in [-0.25, -0.2) is 0 Å². The number of hydrogen-bond donors (Lipinski definition) is 2. The average molecular weight is 141 g/mol. The summed E-state index contributed by atoms with van der Waals surface area (Å²) < 4.78 is 0. The maximum absolute atomic E-state index is 9.31. The molecule has 0 amide bonds. The molecule has 2 N–H and O–H groups in total. The van der Waals surface area contributed by atoms with Crippen LogP contribution < -0.4 is 5.32 Å². The highest BCUT2D eigenvalue weighted by Gasteiger charge is 2.39. The van der Waals surface area contributed by atoms with Crippen molar-refractivity contribution in [1.82, 2.24) is 5.32 Å². The molecule has 1 aliphatic carbocycles. The van der Waals surface area contributed by atoms with Crippen molar-refractivity contribution in [1.29, 1.82) is 0 Å². The van der Waals surface area contributed by atoms with Crippen molar-refractivity contribution < 1.29 is 5.11 Å². The summed E-state index contributed by atoms with van der Waals surface area (Å²) in [6.07, 6.45) is 5.75. The van der Waals surface area contributed by atoms with Crippen LogP contribution in [-0.4, -0.2) is 23.3 Å². The van der Waals surface area contributed by atoms with Crippen molar-refractivity contribution in [2.75, 3.05) is 6.54 Å². The monoisotopic (exact) mass is 141 g/mol. The molecule has 1 saturated heterocycles. The number of nitrogens with one attached hydrogen (secondary N) is 1. The Bertz CT molecular complexity index is 129. The lowest BCUT2D eigenvalue weighted by Gasteiger charge is -2.22. The second-order valence-corrected chi connectivity index (χ2v) is 3.71. The lowest BCUT2D eigenvalue weighted by atomic mass is 9.96. The molecule has 2 nitrogen and oxygen atoms in total. The number of hydrogen-bond acceptors (Lipinski definition) is 2. The summed E-state index contributed by atoms with van der Waals surface area (Å²) in [5.74, 6) is 0. The molecule has 2 aliphatic rings. The zero-order valence-corrected chi connectivity index (χ0v) is 6.27. The molecule has 0 aromatic rings. The Labute approximate surface area is 61.6 Å². The van der Waals surface area contributed by atoms with E-state index in [9.17, 15) is 5.11 Å².